The van der Waals surface area contributed by atoms with Crippen LogP contribution < -0.4 is 0 Å². The lowest BCUT2D eigenvalue weighted by Gasteiger charge is -2.23. The number of hydrogen-bond acceptors (Lipinski definition) is 6. The van der Waals surface area contributed by atoms with Crippen LogP contribution in [0.1, 0.15) is 106 Å². The van der Waals surface area contributed by atoms with Gasteiger partial charge >= 0.3 is 5.97 Å². The van der Waals surface area contributed by atoms with Crippen molar-refractivity contribution in [1.82, 2.24) is 0 Å². The molecular weight excluding hydrogens is 420 g/mol. The second-order valence-corrected chi connectivity index (χ2v) is 12.9. The Balaban J connectivity index is 3.74. The number of carbonyl (C=O) groups is 1. The van der Waals surface area contributed by atoms with Crippen LogP contribution >= 0.6 is 35.7 Å². The number of thiocarbonyl (C=S) groups is 1. The molecule has 0 fully saturated rings. The summed E-state index contributed by atoms with van der Waals surface area (Å²) < 4.78 is 11.1. The van der Waals surface area contributed by atoms with Crippen molar-refractivity contribution in [3.05, 3.63) is 0 Å². The fraction of sp³-hybridized carbons (Fsp3) is 0.913. The number of thioether (sulfide) groups is 2. The molecule has 172 valence electrons. The molecule has 0 aromatic heterocycles. The Morgan fingerprint density at radius 1 is 0.828 bits per heavy atom. The van der Waals surface area contributed by atoms with Gasteiger partial charge in [0.25, 0.3) is 0 Å². The number of ether oxygens (including phenoxy) is 2. The van der Waals surface area contributed by atoms with E-state index in [4.69, 9.17) is 21.7 Å². The highest BCUT2D eigenvalue weighted by atomic mass is 32.2. The molecule has 3 nitrogen and oxygen atoms in total. The van der Waals surface area contributed by atoms with E-state index in [-0.39, 0.29) is 18.2 Å². The van der Waals surface area contributed by atoms with E-state index >= 15 is 0 Å². The van der Waals surface area contributed by atoms with Gasteiger partial charge in [-0.2, -0.15) is 0 Å². The van der Waals surface area contributed by atoms with E-state index in [2.05, 4.69) is 6.92 Å². The van der Waals surface area contributed by atoms with Crippen LogP contribution in [-0.4, -0.2) is 38.8 Å². The zero-order valence-corrected chi connectivity index (χ0v) is 22.1. The summed E-state index contributed by atoms with van der Waals surface area (Å²) >= 11 is 8.59. The zero-order valence-electron chi connectivity index (χ0n) is 19.6. The lowest BCUT2D eigenvalue weighted by atomic mass is 10.1. The minimum absolute atomic E-state index is 0.219. The maximum Gasteiger partial charge on any atom is 0.322 e. The van der Waals surface area contributed by atoms with Crippen LogP contribution in [0.2, 0.25) is 0 Å². The van der Waals surface area contributed by atoms with E-state index in [9.17, 15) is 4.79 Å². The monoisotopic (exact) mass is 464 g/mol. The van der Waals surface area contributed by atoms with Gasteiger partial charge in [0, 0.05) is 0 Å². The number of hydrogen-bond donors (Lipinski definition) is 0. The zero-order chi connectivity index (χ0) is 22.2. The predicted octanol–water partition coefficient (Wildman–Crippen LogP) is 7.80. The largest absolute Gasteiger partial charge is 0.462 e. The summed E-state index contributed by atoms with van der Waals surface area (Å²) in [5.74, 6) is 0.800. The third-order valence-corrected chi connectivity index (χ3v) is 7.18. The van der Waals surface area contributed by atoms with E-state index < -0.39 is 4.75 Å². The Morgan fingerprint density at radius 3 is 1.86 bits per heavy atom. The molecule has 0 N–H and O–H groups in total. The van der Waals surface area contributed by atoms with Crippen molar-refractivity contribution < 1.29 is 14.3 Å². The van der Waals surface area contributed by atoms with Gasteiger partial charge in [0.1, 0.15) is 14.9 Å². The molecule has 0 saturated heterocycles. The van der Waals surface area contributed by atoms with Crippen LogP contribution in [0.15, 0.2) is 0 Å². The lowest BCUT2D eigenvalue weighted by Crippen LogP contribution is -2.32. The molecule has 0 amide bonds. The molecule has 0 radical (unpaired) electrons. The molecule has 0 aliphatic carbocycles. The first-order chi connectivity index (χ1) is 13.6. The summed E-state index contributed by atoms with van der Waals surface area (Å²) in [6, 6.07) is 0. The van der Waals surface area contributed by atoms with Crippen LogP contribution in [-0.2, 0) is 14.3 Å². The van der Waals surface area contributed by atoms with Crippen molar-refractivity contribution in [2.45, 2.75) is 116 Å². The molecule has 0 aromatic carbocycles. The van der Waals surface area contributed by atoms with Crippen molar-refractivity contribution in [1.29, 1.82) is 0 Å². The Bertz CT molecular complexity index is 445. The minimum Gasteiger partial charge on any atom is -0.462 e. The molecule has 0 bridgehead atoms. The molecule has 0 saturated carbocycles. The second-order valence-electron chi connectivity index (χ2n) is 8.99. The van der Waals surface area contributed by atoms with Crippen LogP contribution in [0, 0.1) is 0 Å². The Morgan fingerprint density at radius 2 is 1.34 bits per heavy atom. The molecule has 0 spiro atoms. The van der Waals surface area contributed by atoms with Gasteiger partial charge in [-0.1, -0.05) is 88.7 Å². The Kier molecular flexibility index (Phi) is 17.0. The number of unbranched alkanes of at least 4 members (excludes halogenated alkanes) is 9. The fourth-order valence-corrected chi connectivity index (χ4v) is 5.74. The topological polar surface area (TPSA) is 35.5 Å². The molecule has 0 heterocycles. The standard InChI is InChI=1S/C23H44O3S3/c1-7-8-9-10-11-12-13-14-15-16-19-28-21(27)29-23(5,6)20(24)25-17-18-26-22(2,3)4/h7-19H2,1-6H3. The van der Waals surface area contributed by atoms with Crippen molar-refractivity contribution >= 4 is 45.2 Å². The van der Waals surface area contributed by atoms with E-state index in [0.717, 1.165) is 9.28 Å². The van der Waals surface area contributed by atoms with Gasteiger partial charge in [-0.05, 0) is 46.8 Å². The second kappa shape index (κ2) is 16.9. The van der Waals surface area contributed by atoms with E-state index in [0.29, 0.717) is 6.61 Å². The van der Waals surface area contributed by atoms with Crippen LogP contribution in [0.4, 0.5) is 0 Å². The van der Waals surface area contributed by atoms with Gasteiger partial charge in [-0.15, -0.1) is 11.8 Å². The van der Waals surface area contributed by atoms with Crippen molar-refractivity contribution in [3.63, 3.8) is 0 Å². The van der Waals surface area contributed by atoms with Gasteiger partial charge < -0.3 is 9.47 Å². The molecule has 0 rings (SSSR count). The summed E-state index contributed by atoms with van der Waals surface area (Å²) in [7, 11) is 0. The average molecular weight is 465 g/mol. The summed E-state index contributed by atoms with van der Waals surface area (Å²) in [6.07, 6.45) is 13.4. The molecule has 29 heavy (non-hydrogen) atoms. The molecule has 0 aliphatic rings. The Hall–Kier alpha value is 0.220. The number of rotatable bonds is 16. The molecule has 0 unspecified atom stereocenters. The first-order valence-electron chi connectivity index (χ1n) is 11.3. The highest BCUT2D eigenvalue weighted by Crippen LogP contribution is 2.32. The van der Waals surface area contributed by atoms with Gasteiger partial charge in [0.2, 0.25) is 0 Å². The maximum atomic E-state index is 12.3. The van der Waals surface area contributed by atoms with Crippen molar-refractivity contribution in [3.8, 4) is 0 Å². The number of esters is 1. The smallest absolute Gasteiger partial charge is 0.322 e. The van der Waals surface area contributed by atoms with Crippen LogP contribution in [0.5, 0.6) is 0 Å². The molecule has 0 aromatic rings. The van der Waals surface area contributed by atoms with Gasteiger partial charge in [0.15, 0.2) is 0 Å². The third kappa shape index (κ3) is 18.7. The van der Waals surface area contributed by atoms with Crippen LogP contribution in [0.25, 0.3) is 0 Å². The minimum atomic E-state index is -0.663. The fourth-order valence-electron chi connectivity index (χ4n) is 2.68. The summed E-state index contributed by atoms with van der Waals surface area (Å²) in [5, 5.41) is 0. The van der Waals surface area contributed by atoms with Crippen molar-refractivity contribution in [2.24, 2.45) is 0 Å². The first kappa shape index (κ1) is 29.2. The van der Waals surface area contributed by atoms with Gasteiger partial charge in [0.05, 0.1) is 12.2 Å². The van der Waals surface area contributed by atoms with E-state index in [1.165, 1.54) is 76.0 Å². The Labute approximate surface area is 194 Å². The quantitative estimate of drug-likeness (QED) is 0.132. The third-order valence-electron chi connectivity index (χ3n) is 4.40. The van der Waals surface area contributed by atoms with Crippen molar-refractivity contribution in [2.75, 3.05) is 19.0 Å². The average Bonchev–Trinajstić information content (AvgIpc) is 2.61. The lowest BCUT2D eigenvalue weighted by molar-refractivity contribution is -0.148. The number of carbonyl (C=O) groups excluding carboxylic acids is 1. The van der Waals surface area contributed by atoms with Gasteiger partial charge in [-0.25, -0.2) is 0 Å². The molecular formula is C23H44O3S3. The first-order valence-corrected chi connectivity index (χ1v) is 13.5. The summed E-state index contributed by atoms with van der Waals surface area (Å²) in [4.78, 5) is 12.3. The molecule has 6 heteroatoms. The highest BCUT2D eigenvalue weighted by molar-refractivity contribution is 8.47. The molecule has 0 aliphatic heterocycles. The normalized spacial score (nSPS) is 12.2. The maximum absolute atomic E-state index is 12.3. The van der Waals surface area contributed by atoms with E-state index in [1.54, 1.807) is 11.8 Å². The van der Waals surface area contributed by atoms with Gasteiger partial charge in [-0.3, -0.25) is 4.79 Å². The summed E-state index contributed by atoms with van der Waals surface area (Å²) in [5.41, 5.74) is -0.219. The summed E-state index contributed by atoms with van der Waals surface area (Å²) in [6.45, 7) is 12.7. The predicted molar refractivity (Wildman–Crippen MR) is 135 cm³/mol. The van der Waals surface area contributed by atoms with Crippen LogP contribution in [0.3, 0.4) is 0 Å². The molecule has 0 atom stereocenters. The SMILES string of the molecule is CCCCCCCCCCCCSC(=S)SC(C)(C)C(=O)OCCOC(C)(C)C. The highest BCUT2D eigenvalue weighted by Gasteiger charge is 2.32. The van der Waals surface area contributed by atoms with E-state index in [1.807, 2.05) is 34.6 Å².